The molecule has 9 nitrogen and oxygen atoms in total. The molecule has 1 fully saturated rings. The van der Waals surface area contributed by atoms with Gasteiger partial charge in [0.1, 0.15) is 5.69 Å². The molecule has 0 saturated carbocycles. The molecule has 0 aliphatic carbocycles. The van der Waals surface area contributed by atoms with Crippen molar-refractivity contribution in [3.05, 3.63) is 48.2 Å². The number of carbonyl (C=O) groups is 1. The highest BCUT2D eigenvalue weighted by Gasteiger charge is 2.31. The zero-order chi connectivity index (χ0) is 22.1. The first-order chi connectivity index (χ1) is 15.5. The summed E-state index contributed by atoms with van der Waals surface area (Å²) in [5, 5.41) is 4.83. The van der Waals surface area contributed by atoms with Crippen LogP contribution in [0.1, 0.15) is 12.1 Å². The molecule has 0 bridgehead atoms. The van der Waals surface area contributed by atoms with Gasteiger partial charge >= 0.3 is 0 Å². The van der Waals surface area contributed by atoms with E-state index in [9.17, 15) is 13.2 Å². The van der Waals surface area contributed by atoms with Crippen LogP contribution in [-0.4, -0.2) is 68.1 Å². The Kier molecular flexibility index (Phi) is 5.48. The van der Waals surface area contributed by atoms with E-state index in [1.807, 2.05) is 18.2 Å². The van der Waals surface area contributed by atoms with E-state index in [0.717, 1.165) is 11.8 Å². The van der Waals surface area contributed by atoms with E-state index in [0.29, 0.717) is 49.1 Å². The van der Waals surface area contributed by atoms with Gasteiger partial charge in [-0.3, -0.25) is 4.79 Å². The molecule has 3 aromatic rings. The van der Waals surface area contributed by atoms with Crippen LogP contribution in [0.4, 0.5) is 0 Å². The average molecular weight is 458 g/mol. The summed E-state index contributed by atoms with van der Waals surface area (Å²) in [6.45, 7) is 2.11. The van der Waals surface area contributed by atoms with E-state index in [1.54, 1.807) is 17.0 Å². The van der Waals surface area contributed by atoms with Crippen molar-refractivity contribution >= 4 is 26.9 Å². The Morgan fingerprint density at radius 1 is 0.969 bits per heavy atom. The molecule has 168 valence electrons. The second-order valence-corrected chi connectivity index (χ2v) is 9.68. The first-order valence-corrected chi connectivity index (χ1v) is 12.0. The molecule has 0 N–H and O–H groups in total. The number of rotatable bonds is 4. The monoisotopic (exact) mass is 457 g/mol. The molecule has 1 saturated heterocycles. The van der Waals surface area contributed by atoms with Crippen molar-refractivity contribution in [2.45, 2.75) is 17.7 Å². The van der Waals surface area contributed by atoms with Gasteiger partial charge in [-0.05, 0) is 24.3 Å². The minimum absolute atomic E-state index is 0.100. The second kappa shape index (κ2) is 8.44. The third-order valence-corrected chi connectivity index (χ3v) is 7.61. The molecule has 0 unspecified atom stereocenters. The van der Waals surface area contributed by atoms with Crippen molar-refractivity contribution < 1.29 is 27.2 Å². The highest BCUT2D eigenvalue weighted by molar-refractivity contribution is 7.89. The van der Waals surface area contributed by atoms with Gasteiger partial charge in [0.05, 0.1) is 24.5 Å². The van der Waals surface area contributed by atoms with Crippen LogP contribution in [0.3, 0.4) is 0 Å². The first-order valence-electron chi connectivity index (χ1n) is 10.5. The maximum absolute atomic E-state index is 13.1. The number of hydrogen-bond acceptors (Lipinski definition) is 7. The first kappa shape index (κ1) is 20.8. The molecule has 1 amide bonds. The van der Waals surface area contributed by atoms with Crippen LogP contribution in [0.2, 0.25) is 0 Å². The van der Waals surface area contributed by atoms with Crippen LogP contribution in [0.15, 0.2) is 51.9 Å². The summed E-state index contributed by atoms with van der Waals surface area (Å²) in [7, 11) is -3.70. The number of piperazine rings is 1. The number of carbonyl (C=O) groups excluding carboxylic acids is 1. The Bertz CT molecular complexity index is 1250. The number of benzene rings is 2. The van der Waals surface area contributed by atoms with Crippen LogP contribution in [0, 0.1) is 0 Å². The highest BCUT2D eigenvalue weighted by Crippen LogP contribution is 2.33. The number of aromatic nitrogens is 1. The van der Waals surface area contributed by atoms with Crippen LogP contribution < -0.4 is 9.47 Å². The topological polar surface area (TPSA) is 102 Å². The summed E-state index contributed by atoms with van der Waals surface area (Å²) >= 11 is 0. The quantitative estimate of drug-likeness (QED) is 0.591. The molecule has 3 heterocycles. The Morgan fingerprint density at radius 3 is 2.53 bits per heavy atom. The van der Waals surface area contributed by atoms with Crippen LogP contribution >= 0.6 is 0 Å². The summed E-state index contributed by atoms with van der Waals surface area (Å²) in [6.07, 6.45) is 0.864. The summed E-state index contributed by atoms with van der Waals surface area (Å²) < 4.78 is 44.2. The summed E-state index contributed by atoms with van der Waals surface area (Å²) in [5.41, 5.74) is 1.23. The number of ether oxygens (including phenoxy) is 2. The predicted molar refractivity (Wildman–Crippen MR) is 115 cm³/mol. The van der Waals surface area contributed by atoms with E-state index < -0.39 is 10.0 Å². The SMILES string of the molecule is O=C(Cc1noc2ccccc12)N1CCN(S(=O)(=O)c2ccc3c(c2)OCCCO3)CC1. The molecule has 32 heavy (non-hydrogen) atoms. The van der Waals surface area contributed by atoms with Crippen LogP contribution in [0.5, 0.6) is 11.5 Å². The van der Waals surface area contributed by atoms with Gasteiger partial charge in [-0.15, -0.1) is 0 Å². The number of sulfonamides is 1. The zero-order valence-electron chi connectivity index (χ0n) is 17.4. The minimum atomic E-state index is -3.70. The lowest BCUT2D eigenvalue weighted by molar-refractivity contribution is -0.131. The summed E-state index contributed by atoms with van der Waals surface area (Å²) in [6, 6.07) is 12.1. The largest absolute Gasteiger partial charge is 0.490 e. The molecule has 10 heteroatoms. The van der Waals surface area contributed by atoms with E-state index in [-0.39, 0.29) is 30.3 Å². The smallest absolute Gasteiger partial charge is 0.243 e. The average Bonchev–Trinajstić information content (AvgIpc) is 3.06. The fourth-order valence-electron chi connectivity index (χ4n) is 3.95. The van der Waals surface area contributed by atoms with Gasteiger partial charge in [0.2, 0.25) is 15.9 Å². The Balaban J connectivity index is 1.25. The predicted octanol–water partition coefficient (Wildman–Crippen LogP) is 2.06. The van der Waals surface area contributed by atoms with Gasteiger partial charge in [-0.1, -0.05) is 17.3 Å². The van der Waals surface area contributed by atoms with Crippen LogP contribution in [0.25, 0.3) is 11.0 Å². The highest BCUT2D eigenvalue weighted by atomic mass is 32.2. The minimum Gasteiger partial charge on any atom is -0.490 e. The van der Waals surface area contributed by atoms with Crippen molar-refractivity contribution in [3.8, 4) is 11.5 Å². The van der Waals surface area contributed by atoms with Gasteiger partial charge in [-0.25, -0.2) is 8.42 Å². The van der Waals surface area contributed by atoms with Gasteiger partial charge < -0.3 is 18.9 Å². The maximum atomic E-state index is 13.1. The van der Waals surface area contributed by atoms with Gasteiger partial charge in [-0.2, -0.15) is 4.31 Å². The van der Waals surface area contributed by atoms with Crippen molar-refractivity contribution in [2.75, 3.05) is 39.4 Å². The Labute approximate surface area is 185 Å². The van der Waals surface area contributed by atoms with Crippen molar-refractivity contribution in [1.29, 1.82) is 0 Å². The van der Waals surface area contributed by atoms with Gasteiger partial charge in [0.25, 0.3) is 0 Å². The van der Waals surface area contributed by atoms with E-state index in [4.69, 9.17) is 14.0 Å². The van der Waals surface area contributed by atoms with Gasteiger partial charge in [0.15, 0.2) is 17.1 Å². The molecule has 0 atom stereocenters. The summed E-state index contributed by atoms with van der Waals surface area (Å²) in [4.78, 5) is 14.6. The van der Waals surface area contributed by atoms with Crippen molar-refractivity contribution in [3.63, 3.8) is 0 Å². The molecule has 5 rings (SSSR count). The number of fused-ring (bicyclic) bond motifs is 2. The molecule has 2 aliphatic heterocycles. The molecule has 1 aromatic heterocycles. The third-order valence-electron chi connectivity index (χ3n) is 5.72. The molecular weight excluding hydrogens is 434 g/mol. The number of para-hydroxylation sites is 1. The third kappa shape index (κ3) is 3.91. The molecular formula is C22H23N3O6S. The van der Waals surface area contributed by atoms with E-state index >= 15 is 0 Å². The molecule has 0 radical (unpaired) electrons. The van der Waals surface area contributed by atoms with Crippen molar-refractivity contribution in [2.24, 2.45) is 0 Å². The fraction of sp³-hybridized carbons (Fsp3) is 0.364. The van der Waals surface area contributed by atoms with E-state index in [2.05, 4.69) is 5.16 Å². The number of nitrogens with zero attached hydrogens (tertiary/aromatic N) is 3. The van der Waals surface area contributed by atoms with Gasteiger partial charge in [0, 0.05) is 44.1 Å². The standard InChI is InChI=1S/C22H23N3O6S/c26-22(15-18-17-4-1-2-5-19(17)31-23-18)24-8-10-25(11-9-24)32(27,28)16-6-7-20-21(14-16)30-13-3-12-29-20/h1-2,4-7,14H,3,8-13,15H2. The lowest BCUT2D eigenvalue weighted by atomic mass is 10.1. The van der Waals surface area contributed by atoms with Crippen LogP contribution in [-0.2, 0) is 21.2 Å². The zero-order valence-corrected chi connectivity index (χ0v) is 18.2. The maximum Gasteiger partial charge on any atom is 0.243 e. The Morgan fingerprint density at radius 2 is 1.72 bits per heavy atom. The fourth-order valence-corrected chi connectivity index (χ4v) is 5.39. The second-order valence-electron chi connectivity index (χ2n) is 7.75. The molecule has 2 aliphatic rings. The number of hydrogen-bond donors (Lipinski definition) is 0. The van der Waals surface area contributed by atoms with Crippen molar-refractivity contribution in [1.82, 2.24) is 14.4 Å². The number of amides is 1. The van der Waals surface area contributed by atoms with E-state index in [1.165, 1.54) is 16.4 Å². The Hall–Kier alpha value is -3.11. The summed E-state index contributed by atoms with van der Waals surface area (Å²) in [5.74, 6) is 0.895. The molecule has 2 aromatic carbocycles. The lowest BCUT2D eigenvalue weighted by Gasteiger charge is -2.34. The normalized spacial score (nSPS) is 17.3. The lowest BCUT2D eigenvalue weighted by Crippen LogP contribution is -2.50. The molecule has 0 spiro atoms.